The predicted octanol–water partition coefficient (Wildman–Crippen LogP) is 3.19. The topological polar surface area (TPSA) is 41.6 Å². The summed E-state index contributed by atoms with van der Waals surface area (Å²) in [5.74, 6) is 0.318. The van der Waals surface area contributed by atoms with Crippen molar-refractivity contribution in [3.05, 3.63) is 35.9 Å². The van der Waals surface area contributed by atoms with Crippen LogP contribution in [0.4, 0.5) is 0 Å². The summed E-state index contributed by atoms with van der Waals surface area (Å²) in [6.07, 6.45) is 5.32. The van der Waals surface area contributed by atoms with Crippen LogP contribution in [0.1, 0.15) is 50.5 Å². The van der Waals surface area contributed by atoms with Crippen molar-refractivity contribution in [1.29, 1.82) is 0 Å². The lowest BCUT2D eigenvalue weighted by Gasteiger charge is -2.24. The van der Waals surface area contributed by atoms with Crippen molar-refractivity contribution in [2.75, 3.05) is 27.2 Å². The molecule has 1 aliphatic rings. The highest BCUT2D eigenvalue weighted by molar-refractivity contribution is 5.80. The molecule has 4 nitrogen and oxygen atoms in total. The Balaban J connectivity index is 1.90. The summed E-state index contributed by atoms with van der Waals surface area (Å²) in [5.41, 5.74) is 1.26. The summed E-state index contributed by atoms with van der Waals surface area (Å²) in [6.45, 7) is 3.57. The first-order chi connectivity index (χ1) is 11.6. The van der Waals surface area contributed by atoms with Crippen LogP contribution in [0.15, 0.2) is 30.3 Å². The molecule has 0 saturated heterocycles. The molecule has 1 fully saturated rings. The zero-order valence-electron chi connectivity index (χ0n) is 15.3. The minimum absolute atomic E-state index is 0.0316. The Hall–Kier alpha value is -1.39. The van der Waals surface area contributed by atoms with Crippen molar-refractivity contribution in [3.8, 4) is 0 Å². The number of nitrogens with one attached hydrogen (secondary N) is 1. The Labute approximate surface area is 146 Å². The van der Waals surface area contributed by atoms with Gasteiger partial charge in [0, 0.05) is 19.0 Å². The Morgan fingerprint density at radius 1 is 1.25 bits per heavy atom. The number of benzene rings is 1. The van der Waals surface area contributed by atoms with Crippen LogP contribution in [0.3, 0.4) is 0 Å². The molecule has 24 heavy (non-hydrogen) atoms. The largest absolute Gasteiger partial charge is 0.365 e. The fourth-order valence-corrected chi connectivity index (χ4v) is 3.39. The number of rotatable bonds is 9. The highest BCUT2D eigenvalue weighted by atomic mass is 16.5. The van der Waals surface area contributed by atoms with E-state index in [2.05, 4.69) is 48.6 Å². The fraction of sp³-hybridized carbons (Fsp3) is 0.650. The van der Waals surface area contributed by atoms with E-state index < -0.39 is 0 Å². The van der Waals surface area contributed by atoms with Crippen LogP contribution < -0.4 is 5.32 Å². The number of carbonyl (C=O) groups is 1. The maximum atomic E-state index is 12.5. The normalized spacial score (nSPS) is 17.8. The maximum absolute atomic E-state index is 12.5. The second kappa shape index (κ2) is 9.80. The van der Waals surface area contributed by atoms with E-state index in [1.165, 1.54) is 18.4 Å². The van der Waals surface area contributed by atoms with Crippen LogP contribution >= 0.6 is 0 Å². The smallest absolute Gasteiger partial charge is 0.249 e. The Bertz CT molecular complexity index is 484. The fourth-order valence-electron chi connectivity index (χ4n) is 3.39. The van der Waals surface area contributed by atoms with E-state index in [9.17, 15) is 4.79 Å². The third-order valence-corrected chi connectivity index (χ3v) is 4.70. The maximum Gasteiger partial charge on any atom is 0.249 e. The third kappa shape index (κ3) is 5.91. The van der Waals surface area contributed by atoms with Crippen molar-refractivity contribution >= 4 is 5.91 Å². The molecule has 4 heteroatoms. The highest BCUT2D eigenvalue weighted by Crippen LogP contribution is 2.23. The lowest BCUT2D eigenvalue weighted by atomic mass is 9.98. The van der Waals surface area contributed by atoms with Gasteiger partial charge in [0.25, 0.3) is 0 Å². The number of carbonyl (C=O) groups excluding carboxylic acids is 1. The molecule has 1 N–H and O–H groups in total. The molecule has 1 amide bonds. The lowest BCUT2D eigenvalue weighted by molar-refractivity contribution is -0.136. The zero-order valence-corrected chi connectivity index (χ0v) is 15.3. The number of likely N-dealkylation sites (N-methyl/N-ethyl adjacent to an activating group) is 1. The van der Waals surface area contributed by atoms with E-state index >= 15 is 0 Å². The van der Waals surface area contributed by atoms with Gasteiger partial charge in [-0.1, -0.05) is 50.1 Å². The SMILES string of the molecule is CC[C@@H](OC1CCCC1)C(=O)NC[C@H](CN(C)C)c1ccccc1. The summed E-state index contributed by atoms with van der Waals surface area (Å²) < 4.78 is 6.02. The first-order valence-corrected chi connectivity index (χ1v) is 9.23. The van der Waals surface area contributed by atoms with E-state index in [0.717, 1.165) is 25.8 Å². The van der Waals surface area contributed by atoms with E-state index in [0.29, 0.717) is 6.54 Å². The van der Waals surface area contributed by atoms with E-state index in [4.69, 9.17) is 4.74 Å². The van der Waals surface area contributed by atoms with Crippen molar-refractivity contribution in [2.24, 2.45) is 0 Å². The lowest BCUT2D eigenvalue weighted by Crippen LogP contribution is -2.41. The zero-order chi connectivity index (χ0) is 17.4. The quantitative estimate of drug-likeness (QED) is 0.755. The van der Waals surface area contributed by atoms with E-state index in [1.54, 1.807) is 0 Å². The molecule has 0 aliphatic heterocycles. The summed E-state index contributed by atoms with van der Waals surface area (Å²) >= 11 is 0. The molecule has 0 aromatic heterocycles. The van der Waals surface area contributed by atoms with Gasteiger partial charge in [0.15, 0.2) is 0 Å². The molecule has 2 rings (SSSR count). The molecule has 1 aromatic rings. The van der Waals surface area contributed by atoms with Crippen LogP contribution in [0.2, 0.25) is 0 Å². The van der Waals surface area contributed by atoms with Gasteiger partial charge in [-0.05, 0) is 38.9 Å². The molecular weight excluding hydrogens is 300 g/mol. The van der Waals surface area contributed by atoms with Crippen LogP contribution in [0.5, 0.6) is 0 Å². The summed E-state index contributed by atoms with van der Waals surface area (Å²) in [5, 5.41) is 3.12. The van der Waals surface area contributed by atoms with Gasteiger partial charge in [-0.15, -0.1) is 0 Å². The second-order valence-electron chi connectivity index (χ2n) is 7.05. The van der Waals surface area contributed by atoms with E-state index in [1.807, 2.05) is 13.0 Å². The summed E-state index contributed by atoms with van der Waals surface area (Å²) in [7, 11) is 4.13. The molecular formula is C20H32N2O2. The molecule has 2 atom stereocenters. The molecule has 0 unspecified atom stereocenters. The van der Waals surface area contributed by atoms with Gasteiger partial charge in [-0.25, -0.2) is 0 Å². The summed E-state index contributed by atoms with van der Waals surface area (Å²) in [6, 6.07) is 10.4. The average Bonchev–Trinajstić information content (AvgIpc) is 3.09. The highest BCUT2D eigenvalue weighted by Gasteiger charge is 2.25. The summed E-state index contributed by atoms with van der Waals surface area (Å²) in [4.78, 5) is 14.7. The van der Waals surface area contributed by atoms with Gasteiger partial charge in [-0.3, -0.25) is 4.79 Å². The van der Waals surface area contributed by atoms with Crippen LogP contribution in [0, 0.1) is 0 Å². The van der Waals surface area contributed by atoms with Crippen molar-refractivity contribution in [1.82, 2.24) is 10.2 Å². The predicted molar refractivity (Wildman–Crippen MR) is 98.2 cm³/mol. The minimum Gasteiger partial charge on any atom is -0.365 e. The standard InChI is InChI=1S/C20H32N2O2/c1-4-19(24-18-12-8-9-13-18)20(23)21-14-17(15-22(2)3)16-10-6-5-7-11-16/h5-7,10-11,17-19H,4,8-9,12-15H2,1-3H3,(H,21,23)/t17-,19-/m1/s1. The number of hydrogen-bond donors (Lipinski definition) is 1. The Morgan fingerprint density at radius 2 is 1.92 bits per heavy atom. The van der Waals surface area contributed by atoms with Crippen molar-refractivity contribution in [3.63, 3.8) is 0 Å². The molecule has 1 saturated carbocycles. The molecule has 0 radical (unpaired) electrons. The third-order valence-electron chi connectivity index (χ3n) is 4.70. The number of amides is 1. The molecule has 1 aromatic carbocycles. The minimum atomic E-state index is -0.316. The van der Waals surface area contributed by atoms with Gasteiger partial charge in [0.2, 0.25) is 5.91 Å². The van der Waals surface area contributed by atoms with Crippen LogP contribution in [-0.4, -0.2) is 50.2 Å². The molecule has 0 bridgehead atoms. The van der Waals surface area contributed by atoms with Gasteiger partial charge < -0.3 is 15.0 Å². The van der Waals surface area contributed by atoms with E-state index in [-0.39, 0.29) is 24.0 Å². The Kier molecular flexibility index (Phi) is 7.73. The van der Waals surface area contributed by atoms with Gasteiger partial charge in [-0.2, -0.15) is 0 Å². The Morgan fingerprint density at radius 3 is 2.50 bits per heavy atom. The van der Waals surface area contributed by atoms with Crippen LogP contribution in [0.25, 0.3) is 0 Å². The molecule has 0 heterocycles. The van der Waals surface area contributed by atoms with Crippen molar-refractivity contribution in [2.45, 2.75) is 57.2 Å². The number of ether oxygens (including phenoxy) is 1. The first kappa shape index (κ1) is 18.9. The molecule has 1 aliphatic carbocycles. The second-order valence-corrected chi connectivity index (χ2v) is 7.05. The molecule has 0 spiro atoms. The van der Waals surface area contributed by atoms with Crippen LogP contribution in [-0.2, 0) is 9.53 Å². The monoisotopic (exact) mass is 332 g/mol. The van der Waals surface area contributed by atoms with Crippen molar-refractivity contribution < 1.29 is 9.53 Å². The van der Waals surface area contributed by atoms with Gasteiger partial charge >= 0.3 is 0 Å². The molecule has 134 valence electrons. The number of nitrogens with zero attached hydrogens (tertiary/aromatic N) is 1. The number of hydrogen-bond acceptors (Lipinski definition) is 3. The average molecular weight is 332 g/mol. The van der Waals surface area contributed by atoms with Gasteiger partial charge in [0.05, 0.1) is 6.10 Å². The first-order valence-electron chi connectivity index (χ1n) is 9.23. The van der Waals surface area contributed by atoms with Gasteiger partial charge in [0.1, 0.15) is 6.10 Å².